The van der Waals surface area contributed by atoms with Crippen LogP contribution in [0.3, 0.4) is 0 Å². The minimum Gasteiger partial charge on any atom is -0.550 e. The summed E-state index contributed by atoms with van der Waals surface area (Å²) in [6.45, 7) is 3.19. The van der Waals surface area contributed by atoms with Crippen LogP contribution in [0.2, 0.25) is 0 Å². The molecular formula is C50H82BaO8. The molecule has 0 heterocycles. The van der Waals surface area contributed by atoms with Gasteiger partial charge in [0.2, 0.25) is 0 Å². The fraction of sp³-hybridized carbons (Fsp3) is 0.720. The first kappa shape index (κ1) is 57.8. The van der Waals surface area contributed by atoms with E-state index in [1.54, 1.807) is 0 Å². The quantitative estimate of drug-likeness (QED) is 0.0498. The Kier molecular flexibility index (Phi) is 43.9. The topological polar surface area (TPSA) is 139 Å². The standard InChI is InChI=1S/2C25H42O4.Ba/c2*26-24(21-25(27)28)19-15-10-8-6-4-2-1-3-5-7-9-11-16-20-29-22-23-17-13-12-14-18-23;/h2*12-14,17-18,24,26H,1-11,15-16,19-22H2,(H,27,28);/q;;+2/p-2. The fourth-order valence-corrected chi connectivity index (χ4v) is 7.17. The number of benzene rings is 2. The molecule has 0 radical (unpaired) electrons. The first-order valence-electron chi connectivity index (χ1n) is 23.4. The number of carbonyl (C=O) groups is 2. The molecule has 0 bridgehead atoms. The van der Waals surface area contributed by atoms with Crippen LogP contribution >= 0.6 is 0 Å². The molecule has 2 atom stereocenters. The largest absolute Gasteiger partial charge is 2.00 e. The van der Waals surface area contributed by atoms with Crippen LogP contribution in [-0.2, 0) is 32.3 Å². The van der Waals surface area contributed by atoms with E-state index in [-0.39, 0.29) is 61.7 Å². The van der Waals surface area contributed by atoms with Crippen molar-refractivity contribution >= 4 is 60.8 Å². The first-order valence-corrected chi connectivity index (χ1v) is 23.4. The molecule has 0 aliphatic heterocycles. The molecule has 59 heavy (non-hydrogen) atoms. The van der Waals surface area contributed by atoms with Crippen LogP contribution in [0.1, 0.15) is 204 Å². The number of carboxylic acids is 2. The molecule has 2 rings (SSSR count). The normalized spacial score (nSPS) is 12.0. The number of aliphatic hydroxyl groups is 2. The third kappa shape index (κ3) is 43.2. The van der Waals surface area contributed by atoms with Gasteiger partial charge in [-0.15, -0.1) is 0 Å². The van der Waals surface area contributed by atoms with Crippen LogP contribution in [0.25, 0.3) is 0 Å². The molecule has 2 aromatic rings. The van der Waals surface area contributed by atoms with Gasteiger partial charge in [-0.3, -0.25) is 0 Å². The number of aliphatic carboxylic acids is 2. The molecule has 0 fully saturated rings. The van der Waals surface area contributed by atoms with Crippen molar-refractivity contribution in [1.82, 2.24) is 0 Å². The molecule has 0 aliphatic rings. The number of aliphatic hydroxyl groups excluding tert-OH is 2. The summed E-state index contributed by atoms with van der Waals surface area (Å²) in [6, 6.07) is 20.7. The Bertz CT molecular complexity index is 1080. The van der Waals surface area contributed by atoms with Crippen molar-refractivity contribution in [3.8, 4) is 0 Å². The van der Waals surface area contributed by atoms with Gasteiger partial charge in [-0.2, -0.15) is 0 Å². The third-order valence-corrected chi connectivity index (χ3v) is 10.7. The molecule has 0 amide bonds. The maximum Gasteiger partial charge on any atom is 2.00 e. The average molecular weight is 949 g/mol. The van der Waals surface area contributed by atoms with E-state index < -0.39 is 24.1 Å². The van der Waals surface area contributed by atoms with E-state index >= 15 is 0 Å². The van der Waals surface area contributed by atoms with E-state index in [9.17, 15) is 30.0 Å². The Morgan fingerprint density at radius 2 is 0.644 bits per heavy atom. The van der Waals surface area contributed by atoms with Gasteiger partial charge in [0.1, 0.15) is 0 Å². The molecule has 2 aromatic carbocycles. The number of ether oxygens (including phenoxy) is 2. The Labute approximate surface area is 400 Å². The van der Waals surface area contributed by atoms with Crippen molar-refractivity contribution in [2.24, 2.45) is 0 Å². The predicted molar refractivity (Wildman–Crippen MR) is 238 cm³/mol. The minimum absolute atomic E-state index is 0. The molecular weight excluding hydrogens is 866 g/mol. The van der Waals surface area contributed by atoms with Crippen molar-refractivity contribution in [1.29, 1.82) is 0 Å². The van der Waals surface area contributed by atoms with Gasteiger partial charge in [0.05, 0.1) is 25.4 Å². The molecule has 9 heteroatoms. The van der Waals surface area contributed by atoms with E-state index in [0.717, 1.165) is 65.0 Å². The summed E-state index contributed by atoms with van der Waals surface area (Å²) in [7, 11) is 0. The van der Waals surface area contributed by atoms with Crippen molar-refractivity contribution in [2.45, 2.75) is 218 Å². The number of carbonyl (C=O) groups excluding carboxylic acids is 2. The molecule has 2 N–H and O–H groups in total. The molecule has 332 valence electrons. The Balaban J connectivity index is 0.00000112. The summed E-state index contributed by atoms with van der Waals surface area (Å²) in [5.41, 5.74) is 2.50. The van der Waals surface area contributed by atoms with Gasteiger partial charge in [-0.05, 0) is 36.8 Å². The van der Waals surface area contributed by atoms with Crippen molar-refractivity contribution < 1.29 is 39.5 Å². The molecule has 0 aromatic heterocycles. The van der Waals surface area contributed by atoms with Crippen LogP contribution in [0.4, 0.5) is 0 Å². The maximum atomic E-state index is 10.4. The van der Waals surface area contributed by atoms with E-state index in [1.165, 1.54) is 140 Å². The van der Waals surface area contributed by atoms with Crippen LogP contribution in [0.5, 0.6) is 0 Å². The number of carboxylic acid groups (broad SMARTS) is 2. The SMILES string of the molecule is O=C([O-])CC(O)CCCCCCCCCCCCCCCOCc1ccccc1.O=C([O-])CC(O)CCCCCCCCCCCCCCCOCc1ccccc1.[Ba+2]. The van der Waals surface area contributed by atoms with Gasteiger partial charge in [0.15, 0.2) is 0 Å². The number of unbranched alkanes of at least 4 members (excludes halogenated alkanes) is 24. The zero-order chi connectivity index (χ0) is 42.0. The van der Waals surface area contributed by atoms with Crippen LogP contribution in [-0.4, -0.2) is 96.5 Å². The Morgan fingerprint density at radius 1 is 0.407 bits per heavy atom. The summed E-state index contributed by atoms with van der Waals surface area (Å²) in [5, 5.41) is 39.6. The first-order chi connectivity index (χ1) is 28.4. The second kappa shape index (κ2) is 44.8. The van der Waals surface area contributed by atoms with Crippen molar-refractivity contribution in [3.05, 3.63) is 71.8 Å². The molecule has 0 saturated heterocycles. The zero-order valence-electron chi connectivity index (χ0n) is 37.0. The molecule has 2 unspecified atom stereocenters. The second-order valence-electron chi connectivity index (χ2n) is 16.3. The molecule has 0 spiro atoms. The predicted octanol–water partition coefficient (Wildman–Crippen LogP) is 9.95. The summed E-state index contributed by atoms with van der Waals surface area (Å²) < 4.78 is 11.4. The number of rotatable bonds is 40. The van der Waals surface area contributed by atoms with Gasteiger partial charge in [0, 0.05) is 38.0 Å². The van der Waals surface area contributed by atoms with Gasteiger partial charge in [0.25, 0.3) is 0 Å². The van der Waals surface area contributed by atoms with E-state index in [1.807, 2.05) is 12.1 Å². The summed E-state index contributed by atoms with van der Waals surface area (Å²) in [5.74, 6) is -2.32. The molecule has 8 nitrogen and oxygen atoms in total. The van der Waals surface area contributed by atoms with Gasteiger partial charge in [-0.1, -0.05) is 215 Å². The Hall–Kier alpha value is -1.21. The second-order valence-corrected chi connectivity index (χ2v) is 16.3. The van der Waals surface area contributed by atoms with Crippen LogP contribution in [0.15, 0.2) is 60.7 Å². The van der Waals surface area contributed by atoms with E-state index in [4.69, 9.17) is 9.47 Å². The van der Waals surface area contributed by atoms with Gasteiger partial charge < -0.3 is 39.5 Å². The van der Waals surface area contributed by atoms with E-state index in [2.05, 4.69) is 48.5 Å². The van der Waals surface area contributed by atoms with Gasteiger partial charge >= 0.3 is 48.9 Å². The van der Waals surface area contributed by atoms with Crippen LogP contribution < -0.4 is 10.2 Å². The smallest absolute Gasteiger partial charge is 0.550 e. The number of hydrogen-bond donors (Lipinski definition) is 2. The van der Waals surface area contributed by atoms with Crippen molar-refractivity contribution in [2.75, 3.05) is 13.2 Å². The summed E-state index contributed by atoms with van der Waals surface area (Å²) in [4.78, 5) is 20.7. The third-order valence-electron chi connectivity index (χ3n) is 10.7. The van der Waals surface area contributed by atoms with E-state index in [0.29, 0.717) is 12.8 Å². The van der Waals surface area contributed by atoms with Crippen LogP contribution in [0, 0.1) is 0 Å². The van der Waals surface area contributed by atoms with Crippen molar-refractivity contribution in [3.63, 3.8) is 0 Å². The Morgan fingerprint density at radius 3 is 0.898 bits per heavy atom. The molecule has 0 saturated carbocycles. The molecule has 0 aliphatic carbocycles. The average Bonchev–Trinajstić information content (AvgIpc) is 3.20. The summed E-state index contributed by atoms with van der Waals surface area (Å²) in [6.07, 6.45) is 31.5. The monoisotopic (exact) mass is 949 g/mol. The fourth-order valence-electron chi connectivity index (χ4n) is 7.17. The number of hydrogen-bond acceptors (Lipinski definition) is 8. The van der Waals surface area contributed by atoms with Gasteiger partial charge in [-0.25, -0.2) is 0 Å². The maximum absolute atomic E-state index is 10.4. The summed E-state index contributed by atoms with van der Waals surface area (Å²) >= 11 is 0. The zero-order valence-corrected chi connectivity index (χ0v) is 41.5. The minimum atomic E-state index is -1.16.